The van der Waals surface area contributed by atoms with Crippen LogP contribution in [-0.2, 0) is 6.18 Å². The quantitative estimate of drug-likeness (QED) is 0.751. The van der Waals surface area contributed by atoms with Crippen molar-refractivity contribution in [2.75, 3.05) is 5.32 Å². The van der Waals surface area contributed by atoms with Crippen LogP contribution in [0.2, 0.25) is 0 Å². The molecule has 0 saturated heterocycles. The highest BCUT2D eigenvalue weighted by Crippen LogP contribution is 2.30. The molecule has 2 N–H and O–H groups in total. The summed E-state index contributed by atoms with van der Waals surface area (Å²) in [6, 6.07) is 2.66. The highest BCUT2D eigenvalue weighted by molar-refractivity contribution is 7.13. The molecule has 0 saturated carbocycles. The second-order valence-electron chi connectivity index (χ2n) is 4.49. The van der Waals surface area contributed by atoms with Crippen molar-refractivity contribution in [2.24, 2.45) is 0 Å². The van der Waals surface area contributed by atoms with Gasteiger partial charge in [0.2, 0.25) is 10.6 Å². The third-order valence-corrected chi connectivity index (χ3v) is 3.64. The van der Waals surface area contributed by atoms with E-state index < -0.39 is 23.1 Å². The van der Waals surface area contributed by atoms with Crippen LogP contribution in [0.4, 0.5) is 18.3 Å². The summed E-state index contributed by atoms with van der Waals surface area (Å²) in [6.45, 7) is 0. The minimum absolute atomic E-state index is 0.00251. The predicted octanol–water partition coefficient (Wildman–Crippen LogP) is 2.65. The number of halogens is 3. The second kappa shape index (κ2) is 5.47. The van der Waals surface area contributed by atoms with Gasteiger partial charge in [0.1, 0.15) is 11.1 Å². The molecule has 10 heteroatoms. The van der Waals surface area contributed by atoms with E-state index in [0.29, 0.717) is 0 Å². The van der Waals surface area contributed by atoms with Crippen LogP contribution >= 0.6 is 11.3 Å². The molecule has 3 aromatic rings. The van der Waals surface area contributed by atoms with Crippen molar-refractivity contribution < 1.29 is 18.0 Å². The van der Waals surface area contributed by atoms with E-state index in [2.05, 4.69) is 20.5 Å². The van der Waals surface area contributed by atoms with Gasteiger partial charge in [-0.05, 0) is 18.2 Å². The van der Waals surface area contributed by atoms with Crippen LogP contribution in [0.5, 0.6) is 0 Å². The third kappa shape index (κ3) is 2.93. The van der Waals surface area contributed by atoms with Crippen LogP contribution < -0.4 is 10.7 Å². The first kappa shape index (κ1) is 15.2. The Hall–Kier alpha value is -2.75. The van der Waals surface area contributed by atoms with E-state index in [1.54, 1.807) is 0 Å². The van der Waals surface area contributed by atoms with E-state index >= 15 is 0 Å². The molecule has 0 unspecified atom stereocenters. The zero-order valence-electron chi connectivity index (χ0n) is 11.1. The molecule has 6 nitrogen and oxygen atoms in total. The van der Waals surface area contributed by atoms with Crippen LogP contribution in [0, 0.1) is 0 Å². The Morgan fingerprint density at radius 2 is 2.09 bits per heavy atom. The fourth-order valence-electron chi connectivity index (χ4n) is 1.96. The normalized spacial score (nSPS) is 11.6. The van der Waals surface area contributed by atoms with Gasteiger partial charge in [0.05, 0.1) is 5.56 Å². The maximum absolute atomic E-state index is 12.7. The molecule has 0 bridgehead atoms. The van der Waals surface area contributed by atoms with Gasteiger partial charge >= 0.3 is 6.18 Å². The number of benzene rings is 1. The molecule has 1 aromatic carbocycles. The number of carbonyl (C=O) groups is 1. The Morgan fingerprint density at radius 3 is 2.74 bits per heavy atom. The Morgan fingerprint density at radius 1 is 1.30 bits per heavy atom. The molecule has 0 spiro atoms. The van der Waals surface area contributed by atoms with E-state index in [4.69, 9.17) is 0 Å². The summed E-state index contributed by atoms with van der Waals surface area (Å²) < 4.78 is 38.0. The highest BCUT2D eigenvalue weighted by Gasteiger charge is 2.30. The summed E-state index contributed by atoms with van der Waals surface area (Å²) in [5.74, 6) is -0.718. The van der Waals surface area contributed by atoms with E-state index in [-0.39, 0.29) is 21.6 Å². The molecule has 0 atom stereocenters. The summed E-state index contributed by atoms with van der Waals surface area (Å²) in [5, 5.41) is 9.73. The lowest BCUT2D eigenvalue weighted by Gasteiger charge is -2.08. The van der Waals surface area contributed by atoms with Gasteiger partial charge < -0.3 is 4.98 Å². The summed E-state index contributed by atoms with van der Waals surface area (Å²) in [6.07, 6.45) is -3.44. The van der Waals surface area contributed by atoms with Gasteiger partial charge in [0.25, 0.3) is 5.91 Å². The first-order chi connectivity index (χ1) is 10.9. The van der Waals surface area contributed by atoms with Gasteiger partial charge in [-0.3, -0.25) is 14.9 Å². The number of fused-ring (bicyclic) bond motifs is 1. The molecule has 0 aliphatic carbocycles. The lowest BCUT2D eigenvalue weighted by molar-refractivity contribution is -0.137. The zero-order valence-corrected chi connectivity index (χ0v) is 12.0. The Labute approximate surface area is 130 Å². The summed E-state index contributed by atoms with van der Waals surface area (Å²) >= 11 is 1.07. The fourth-order valence-corrected chi connectivity index (χ4v) is 2.40. The number of nitrogens with one attached hydrogen (secondary N) is 2. The number of anilines is 1. The van der Waals surface area contributed by atoms with Crippen molar-refractivity contribution in [1.29, 1.82) is 0 Å². The number of alkyl halides is 3. The van der Waals surface area contributed by atoms with Crippen molar-refractivity contribution in [3.05, 3.63) is 51.3 Å². The number of pyridine rings is 1. The largest absolute Gasteiger partial charge is 0.416 e. The maximum atomic E-state index is 12.7. The van der Waals surface area contributed by atoms with Gasteiger partial charge in [-0.25, -0.2) is 0 Å². The molecule has 0 fully saturated rings. The Kier molecular flexibility index (Phi) is 3.60. The van der Waals surface area contributed by atoms with Crippen molar-refractivity contribution >= 4 is 33.3 Å². The van der Waals surface area contributed by atoms with Crippen LogP contribution in [0.25, 0.3) is 10.9 Å². The minimum Gasteiger partial charge on any atom is -0.360 e. The third-order valence-electron chi connectivity index (χ3n) is 3.03. The maximum Gasteiger partial charge on any atom is 0.416 e. The van der Waals surface area contributed by atoms with E-state index in [0.717, 1.165) is 35.7 Å². The number of aromatic amines is 1. The number of rotatable bonds is 2. The fraction of sp³-hybridized carbons (Fsp3) is 0.0769. The molecular weight excluding hydrogens is 333 g/mol. The minimum atomic E-state index is -4.51. The monoisotopic (exact) mass is 340 g/mol. The molecule has 118 valence electrons. The van der Waals surface area contributed by atoms with Gasteiger partial charge in [0, 0.05) is 17.1 Å². The van der Waals surface area contributed by atoms with Crippen LogP contribution in [0.3, 0.4) is 0 Å². The number of H-pyrrole nitrogens is 1. The standard InChI is InChI=1S/C13H7F3N4O2S/c14-13(15,16)6-1-2-7-9(3-6)17-4-8(10(7)21)11(22)19-12-20-18-5-23-12/h1-5H,(H,17,21)(H,19,20,22). The molecule has 1 amide bonds. The van der Waals surface area contributed by atoms with Crippen molar-refractivity contribution in [3.8, 4) is 0 Å². The van der Waals surface area contributed by atoms with E-state index in [9.17, 15) is 22.8 Å². The van der Waals surface area contributed by atoms with Gasteiger partial charge in [0.15, 0.2) is 0 Å². The summed E-state index contributed by atoms with van der Waals surface area (Å²) in [7, 11) is 0. The molecular formula is C13H7F3N4O2S. The molecule has 0 aliphatic heterocycles. The number of nitrogens with zero attached hydrogens (tertiary/aromatic N) is 2. The molecule has 0 radical (unpaired) electrons. The number of hydrogen-bond donors (Lipinski definition) is 2. The zero-order chi connectivity index (χ0) is 16.6. The molecule has 3 rings (SSSR count). The van der Waals surface area contributed by atoms with Crippen LogP contribution in [0.15, 0.2) is 34.7 Å². The number of aromatic nitrogens is 3. The SMILES string of the molecule is O=C(Nc1nncs1)c1c[nH]c2cc(C(F)(F)F)ccc2c1=O. The lowest BCUT2D eigenvalue weighted by Crippen LogP contribution is -2.22. The van der Waals surface area contributed by atoms with Gasteiger partial charge in [-0.2, -0.15) is 13.2 Å². The first-order valence-corrected chi connectivity index (χ1v) is 7.04. The van der Waals surface area contributed by atoms with E-state index in [1.807, 2.05) is 0 Å². The predicted molar refractivity (Wildman–Crippen MR) is 77.4 cm³/mol. The Balaban J connectivity index is 2.02. The van der Waals surface area contributed by atoms with Crippen molar-refractivity contribution in [1.82, 2.24) is 15.2 Å². The van der Waals surface area contributed by atoms with Crippen LogP contribution in [-0.4, -0.2) is 21.1 Å². The average Bonchev–Trinajstić information content (AvgIpc) is 2.99. The number of carbonyl (C=O) groups excluding carboxylic acids is 1. The lowest BCUT2D eigenvalue weighted by atomic mass is 10.1. The van der Waals surface area contributed by atoms with Crippen molar-refractivity contribution in [2.45, 2.75) is 6.18 Å². The van der Waals surface area contributed by atoms with E-state index in [1.165, 1.54) is 5.51 Å². The second-order valence-corrected chi connectivity index (χ2v) is 5.32. The molecule has 2 aromatic heterocycles. The Bertz CT molecular complexity index is 935. The molecule has 2 heterocycles. The highest BCUT2D eigenvalue weighted by atomic mass is 32.1. The summed E-state index contributed by atoms with van der Waals surface area (Å²) in [5.41, 5.74) is -0.384. The average molecular weight is 340 g/mol. The smallest absolute Gasteiger partial charge is 0.360 e. The van der Waals surface area contributed by atoms with Crippen molar-refractivity contribution in [3.63, 3.8) is 0 Å². The topological polar surface area (TPSA) is 87.7 Å². The molecule has 23 heavy (non-hydrogen) atoms. The van der Waals surface area contributed by atoms with Gasteiger partial charge in [-0.1, -0.05) is 11.3 Å². The van der Waals surface area contributed by atoms with Gasteiger partial charge in [-0.15, -0.1) is 10.2 Å². The molecule has 0 aliphatic rings. The first-order valence-electron chi connectivity index (χ1n) is 6.16. The number of amides is 1. The number of hydrogen-bond acceptors (Lipinski definition) is 5. The summed E-state index contributed by atoms with van der Waals surface area (Å²) in [4.78, 5) is 26.8. The van der Waals surface area contributed by atoms with Crippen LogP contribution in [0.1, 0.15) is 15.9 Å².